The molecule has 0 radical (unpaired) electrons. The van der Waals surface area contributed by atoms with Crippen LogP contribution in [0.15, 0.2) is 37.1 Å². The van der Waals surface area contributed by atoms with E-state index in [0.29, 0.717) is 41.2 Å². The molecule has 2 aliphatic heterocycles. The van der Waals surface area contributed by atoms with Crippen LogP contribution in [0, 0.1) is 5.41 Å². The van der Waals surface area contributed by atoms with Gasteiger partial charge in [0, 0.05) is 31.2 Å². The second kappa shape index (κ2) is 11.4. The topological polar surface area (TPSA) is 103 Å². The molecule has 1 saturated carbocycles. The van der Waals surface area contributed by atoms with E-state index in [-0.39, 0.29) is 17.9 Å². The largest absolute Gasteiger partial charge is 0.495 e. The Kier molecular flexibility index (Phi) is 7.98. The van der Waals surface area contributed by atoms with E-state index in [1.807, 2.05) is 13.0 Å². The quantitative estimate of drug-likeness (QED) is 0.502. The highest BCUT2D eigenvalue weighted by Gasteiger charge is 2.42. The highest BCUT2D eigenvalue weighted by Crippen LogP contribution is 2.41. The maximum atomic E-state index is 13.4. The summed E-state index contributed by atoms with van der Waals surface area (Å²) in [6, 6.07) is 5.82. The molecular weight excluding hydrogens is 506 g/mol. The minimum Gasteiger partial charge on any atom is -0.495 e. The number of methoxy groups -OCH3 is 1. The molecule has 3 heterocycles. The van der Waals surface area contributed by atoms with Crippen molar-refractivity contribution in [1.82, 2.24) is 20.2 Å². The predicted octanol–water partition coefficient (Wildman–Crippen LogP) is 3.97. The summed E-state index contributed by atoms with van der Waals surface area (Å²) in [4.78, 5) is 42.0. The number of hydrogen-bond acceptors (Lipinski definition) is 8. The summed E-state index contributed by atoms with van der Waals surface area (Å²) in [5.41, 5.74) is 1.14. The Morgan fingerprint density at radius 3 is 2.58 bits per heavy atom. The zero-order valence-corrected chi connectivity index (χ0v) is 24.1. The van der Waals surface area contributed by atoms with Gasteiger partial charge in [0.05, 0.1) is 24.4 Å². The summed E-state index contributed by atoms with van der Waals surface area (Å²) in [7, 11) is 5.45. The lowest BCUT2D eigenvalue weighted by molar-refractivity contribution is -0.124. The van der Waals surface area contributed by atoms with Gasteiger partial charge in [0.25, 0.3) is 5.91 Å². The Morgan fingerprint density at radius 1 is 1.18 bits per heavy atom. The van der Waals surface area contributed by atoms with Crippen LogP contribution in [0.1, 0.15) is 55.8 Å². The Hall–Kier alpha value is -3.66. The number of anilines is 4. The smallest absolute Gasteiger partial charge is 0.251 e. The summed E-state index contributed by atoms with van der Waals surface area (Å²) >= 11 is 0. The molecule has 10 heteroatoms. The second-order valence-electron chi connectivity index (χ2n) is 11.5. The summed E-state index contributed by atoms with van der Waals surface area (Å²) in [6.45, 7) is 8.40. The van der Waals surface area contributed by atoms with Crippen molar-refractivity contribution in [3.63, 3.8) is 0 Å². The van der Waals surface area contributed by atoms with Crippen LogP contribution in [0.5, 0.6) is 5.75 Å². The average Bonchev–Trinajstić information content (AvgIpc) is 3.49. The number of amides is 2. The van der Waals surface area contributed by atoms with Crippen molar-refractivity contribution in [1.29, 1.82) is 0 Å². The van der Waals surface area contributed by atoms with Gasteiger partial charge in [0.15, 0.2) is 5.82 Å². The number of carbonyl (C=O) groups is 2. The molecule has 1 aliphatic carbocycles. The third kappa shape index (κ3) is 5.50. The van der Waals surface area contributed by atoms with Gasteiger partial charge in [-0.15, -0.1) is 6.58 Å². The van der Waals surface area contributed by atoms with E-state index in [2.05, 4.69) is 39.0 Å². The fraction of sp³-hybridized carbons (Fsp3) is 0.533. The molecular formula is C30H41N7O3. The molecule has 10 nitrogen and oxygen atoms in total. The lowest BCUT2D eigenvalue weighted by Crippen LogP contribution is -2.45. The fourth-order valence-electron chi connectivity index (χ4n) is 6.01. The van der Waals surface area contributed by atoms with Crippen LogP contribution >= 0.6 is 0 Å². The van der Waals surface area contributed by atoms with Crippen molar-refractivity contribution in [2.24, 2.45) is 5.41 Å². The molecule has 5 rings (SSSR count). The molecule has 2 amide bonds. The highest BCUT2D eigenvalue weighted by atomic mass is 16.5. The molecule has 1 unspecified atom stereocenters. The first-order chi connectivity index (χ1) is 19.2. The van der Waals surface area contributed by atoms with Crippen molar-refractivity contribution in [3.05, 3.63) is 42.6 Å². The molecule has 3 aliphatic rings. The molecule has 2 N–H and O–H groups in total. The number of likely N-dealkylation sites (tertiary alicyclic amines) is 1. The number of fused-ring (bicyclic) bond motifs is 1. The zero-order valence-electron chi connectivity index (χ0n) is 24.1. The number of ether oxygens (including phenoxy) is 1. The van der Waals surface area contributed by atoms with Crippen molar-refractivity contribution in [2.45, 2.75) is 57.5 Å². The fourth-order valence-corrected chi connectivity index (χ4v) is 6.01. The van der Waals surface area contributed by atoms with E-state index in [1.54, 1.807) is 43.5 Å². The Morgan fingerprint density at radius 2 is 1.90 bits per heavy atom. The Bertz CT molecular complexity index is 1270. The van der Waals surface area contributed by atoms with E-state index in [0.717, 1.165) is 57.4 Å². The zero-order chi connectivity index (χ0) is 28.4. The number of hydrogen-bond donors (Lipinski definition) is 2. The van der Waals surface area contributed by atoms with Crippen molar-refractivity contribution >= 4 is 35.0 Å². The normalized spacial score (nSPS) is 22.6. The number of nitrogens with zero attached hydrogens (tertiary/aromatic N) is 5. The van der Waals surface area contributed by atoms with Gasteiger partial charge in [-0.2, -0.15) is 4.98 Å². The van der Waals surface area contributed by atoms with Crippen LogP contribution in [0.4, 0.5) is 23.1 Å². The van der Waals surface area contributed by atoms with Gasteiger partial charge < -0.3 is 30.1 Å². The van der Waals surface area contributed by atoms with E-state index < -0.39 is 5.41 Å². The molecule has 40 heavy (non-hydrogen) atoms. The SMILES string of the molecule is C=CC1(C)CN(C2CCCC2)c2nc(Nc3ccc(C(=O)NC4CCN(C)CC4)cc3OC)ncc2N(C)C1=O. The van der Waals surface area contributed by atoms with Gasteiger partial charge in [-0.05, 0) is 70.9 Å². The van der Waals surface area contributed by atoms with Gasteiger partial charge in [0.2, 0.25) is 11.9 Å². The lowest BCUT2D eigenvalue weighted by atomic mass is 9.88. The van der Waals surface area contributed by atoms with Gasteiger partial charge in [-0.3, -0.25) is 9.59 Å². The van der Waals surface area contributed by atoms with Gasteiger partial charge in [-0.25, -0.2) is 4.98 Å². The van der Waals surface area contributed by atoms with E-state index in [1.165, 1.54) is 0 Å². The predicted molar refractivity (Wildman–Crippen MR) is 158 cm³/mol. The van der Waals surface area contributed by atoms with E-state index in [9.17, 15) is 9.59 Å². The number of rotatable bonds is 7. The number of aromatic nitrogens is 2. The van der Waals surface area contributed by atoms with Crippen LogP contribution in [0.25, 0.3) is 0 Å². The number of benzene rings is 1. The maximum Gasteiger partial charge on any atom is 0.251 e. The first kappa shape index (κ1) is 27.9. The summed E-state index contributed by atoms with van der Waals surface area (Å²) in [5, 5.41) is 6.44. The molecule has 0 spiro atoms. The summed E-state index contributed by atoms with van der Waals surface area (Å²) in [6.07, 6.45) is 9.79. The van der Waals surface area contributed by atoms with Crippen LogP contribution in [0.2, 0.25) is 0 Å². The van der Waals surface area contributed by atoms with E-state index in [4.69, 9.17) is 9.72 Å². The highest BCUT2D eigenvalue weighted by molar-refractivity contribution is 6.02. The Balaban J connectivity index is 1.40. The molecule has 214 valence electrons. The number of nitrogens with one attached hydrogen (secondary N) is 2. The lowest BCUT2D eigenvalue weighted by Gasteiger charge is -2.34. The van der Waals surface area contributed by atoms with Gasteiger partial charge in [0.1, 0.15) is 11.4 Å². The second-order valence-corrected chi connectivity index (χ2v) is 11.5. The minimum absolute atomic E-state index is 0.0238. The van der Waals surface area contributed by atoms with Crippen LogP contribution in [-0.2, 0) is 4.79 Å². The number of carbonyl (C=O) groups excluding carboxylic acids is 2. The average molecular weight is 548 g/mol. The first-order valence-corrected chi connectivity index (χ1v) is 14.2. The summed E-state index contributed by atoms with van der Waals surface area (Å²) in [5.74, 6) is 1.52. The number of piperidine rings is 1. The molecule has 2 fully saturated rings. The van der Waals surface area contributed by atoms with Crippen molar-refractivity contribution in [3.8, 4) is 5.75 Å². The van der Waals surface area contributed by atoms with Gasteiger partial charge >= 0.3 is 0 Å². The molecule has 1 aromatic carbocycles. The van der Waals surface area contributed by atoms with Crippen molar-refractivity contribution in [2.75, 3.05) is 56.0 Å². The summed E-state index contributed by atoms with van der Waals surface area (Å²) < 4.78 is 5.64. The third-order valence-electron chi connectivity index (χ3n) is 8.66. The van der Waals surface area contributed by atoms with Crippen LogP contribution < -0.4 is 25.2 Å². The minimum atomic E-state index is -0.737. The monoisotopic (exact) mass is 547 g/mol. The third-order valence-corrected chi connectivity index (χ3v) is 8.66. The Labute approximate surface area is 236 Å². The van der Waals surface area contributed by atoms with Crippen molar-refractivity contribution < 1.29 is 14.3 Å². The first-order valence-electron chi connectivity index (χ1n) is 14.2. The standard InChI is InChI=1S/C30H41N7O3/c1-6-30(2)19-37(22-9-7-8-10-22)26-24(36(4)28(30)39)18-31-29(34-26)33-23-12-11-20(17-25(23)40-5)27(38)32-21-13-15-35(3)16-14-21/h6,11-12,17-18,21-22H,1,7-10,13-16,19H2,2-5H3,(H,32,38)(H,31,33,34). The molecule has 1 atom stereocenters. The molecule has 1 aromatic heterocycles. The van der Waals surface area contributed by atoms with Gasteiger partial charge in [-0.1, -0.05) is 18.9 Å². The van der Waals surface area contributed by atoms with Crippen LogP contribution in [-0.4, -0.2) is 79.6 Å². The molecule has 2 aromatic rings. The van der Waals surface area contributed by atoms with E-state index >= 15 is 0 Å². The maximum absolute atomic E-state index is 13.4. The van der Waals surface area contributed by atoms with Crippen LogP contribution in [0.3, 0.4) is 0 Å². The molecule has 0 bridgehead atoms. The molecule has 1 saturated heterocycles.